The van der Waals surface area contributed by atoms with Crippen LogP contribution >= 0.6 is 0 Å². The molecular formula is C10H16N6. The number of imidazole rings is 1. The van der Waals surface area contributed by atoms with Gasteiger partial charge in [-0.15, -0.1) is 0 Å². The van der Waals surface area contributed by atoms with E-state index in [1.807, 2.05) is 10.6 Å². The Balaban J connectivity index is 2.36. The second-order valence-electron chi connectivity index (χ2n) is 4.05. The molecule has 0 atom stereocenters. The average molecular weight is 220 g/mol. The highest BCUT2D eigenvalue weighted by molar-refractivity contribution is 5.65. The fraction of sp³-hybridized carbons (Fsp3) is 0.400. The van der Waals surface area contributed by atoms with E-state index >= 15 is 0 Å². The van der Waals surface area contributed by atoms with Gasteiger partial charge >= 0.3 is 0 Å². The van der Waals surface area contributed by atoms with Crippen molar-refractivity contribution in [3.05, 3.63) is 18.6 Å². The first-order chi connectivity index (χ1) is 7.70. The van der Waals surface area contributed by atoms with Gasteiger partial charge in [-0.1, -0.05) is 13.8 Å². The molecule has 2 heterocycles. The first kappa shape index (κ1) is 10.7. The smallest absolute Gasteiger partial charge is 0.180 e. The van der Waals surface area contributed by atoms with Crippen molar-refractivity contribution >= 4 is 17.3 Å². The van der Waals surface area contributed by atoms with Crippen LogP contribution in [0, 0.1) is 5.92 Å². The maximum absolute atomic E-state index is 5.36. The van der Waals surface area contributed by atoms with E-state index in [1.54, 1.807) is 12.4 Å². The average Bonchev–Trinajstić information content (AvgIpc) is 2.73. The summed E-state index contributed by atoms with van der Waals surface area (Å²) in [6.45, 7) is 5.13. The largest absolute Gasteiger partial charge is 0.367 e. The van der Waals surface area contributed by atoms with Crippen molar-refractivity contribution in [1.29, 1.82) is 0 Å². The third kappa shape index (κ3) is 2.06. The van der Waals surface area contributed by atoms with Crippen molar-refractivity contribution in [2.75, 3.05) is 17.3 Å². The highest BCUT2D eigenvalue weighted by Gasteiger charge is 2.06. The van der Waals surface area contributed by atoms with Crippen LogP contribution in [0.2, 0.25) is 0 Å². The number of anilines is 2. The number of fused-ring (bicyclic) bond motifs is 1. The summed E-state index contributed by atoms with van der Waals surface area (Å²) in [5, 5.41) is 3.26. The van der Waals surface area contributed by atoms with Gasteiger partial charge in [-0.3, -0.25) is 0 Å². The molecule has 2 aromatic rings. The summed E-state index contributed by atoms with van der Waals surface area (Å²) < 4.78 is 1.88. The van der Waals surface area contributed by atoms with Gasteiger partial charge in [-0.05, 0) is 5.92 Å². The van der Waals surface area contributed by atoms with Gasteiger partial charge in [0, 0.05) is 18.9 Å². The van der Waals surface area contributed by atoms with Crippen LogP contribution in [0.5, 0.6) is 0 Å². The number of hydrazine groups is 1. The van der Waals surface area contributed by atoms with Gasteiger partial charge in [0.2, 0.25) is 0 Å². The summed E-state index contributed by atoms with van der Waals surface area (Å²) in [6, 6.07) is 0. The molecule has 0 saturated carbocycles. The Morgan fingerprint density at radius 3 is 3.00 bits per heavy atom. The molecule has 0 radical (unpaired) electrons. The lowest BCUT2D eigenvalue weighted by Crippen LogP contribution is -2.14. The van der Waals surface area contributed by atoms with E-state index < -0.39 is 0 Å². The minimum atomic E-state index is 0.548. The van der Waals surface area contributed by atoms with Gasteiger partial charge in [0.1, 0.15) is 0 Å². The van der Waals surface area contributed by atoms with E-state index in [0.717, 1.165) is 18.0 Å². The quantitative estimate of drug-likeness (QED) is 0.530. The SMILES string of the molecule is CC(C)CNc1nc(NN)cn2ccnc12. The molecule has 0 spiro atoms. The minimum absolute atomic E-state index is 0.548. The van der Waals surface area contributed by atoms with Gasteiger partial charge < -0.3 is 15.1 Å². The van der Waals surface area contributed by atoms with Crippen LogP contribution in [0.3, 0.4) is 0 Å². The second kappa shape index (κ2) is 4.36. The van der Waals surface area contributed by atoms with Crippen molar-refractivity contribution in [1.82, 2.24) is 14.4 Å². The first-order valence-electron chi connectivity index (χ1n) is 5.25. The van der Waals surface area contributed by atoms with Gasteiger partial charge in [-0.25, -0.2) is 15.8 Å². The van der Waals surface area contributed by atoms with Gasteiger partial charge in [0.05, 0.1) is 6.20 Å². The van der Waals surface area contributed by atoms with Gasteiger partial charge in [0.15, 0.2) is 17.3 Å². The van der Waals surface area contributed by atoms with Crippen molar-refractivity contribution < 1.29 is 0 Å². The molecule has 4 N–H and O–H groups in total. The standard InChI is InChI=1S/C10H16N6/c1-7(2)5-13-9-10-12-3-4-16(10)6-8(14-9)15-11/h3-4,6-7,15H,5,11H2,1-2H3,(H,13,14). The van der Waals surface area contributed by atoms with E-state index in [0.29, 0.717) is 11.7 Å². The van der Waals surface area contributed by atoms with Crippen LogP contribution in [0.15, 0.2) is 18.6 Å². The van der Waals surface area contributed by atoms with E-state index in [4.69, 9.17) is 5.84 Å². The third-order valence-electron chi connectivity index (χ3n) is 2.20. The lowest BCUT2D eigenvalue weighted by molar-refractivity contribution is 0.687. The molecule has 0 bridgehead atoms. The summed E-state index contributed by atoms with van der Waals surface area (Å²) >= 11 is 0. The van der Waals surface area contributed by atoms with E-state index in [-0.39, 0.29) is 0 Å². The maximum Gasteiger partial charge on any atom is 0.180 e. The number of hydrogen-bond donors (Lipinski definition) is 3. The number of hydrogen-bond acceptors (Lipinski definition) is 5. The predicted octanol–water partition coefficient (Wildman–Crippen LogP) is 1.08. The van der Waals surface area contributed by atoms with Crippen molar-refractivity contribution in [3.63, 3.8) is 0 Å². The third-order valence-corrected chi connectivity index (χ3v) is 2.20. The molecule has 2 aromatic heterocycles. The van der Waals surface area contributed by atoms with Gasteiger partial charge in [-0.2, -0.15) is 0 Å². The Morgan fingerprint density at radius 1 is 1.50 bits per heavy atom. The Bertz CT molecular complexity index is 475. The van der Waals surface area contributed by atoms with Gasteiger partial charge in [0.25, 0.3) is 0 Å². The first-order valence-corrected chi connectivity index (χ1v) is 5.25. The fourth-order valence-electron chi connectivity index (χ4n) is 1.42. The van der Waals surface area contributed by atoms with Crippen LogP contribution in [0.25, 0.3) is 5.65 Å². The molecule has 86 valence electrons. The Hall–Kier alpha value is -1.82. The van der Waals surface area contributed by atoms with Crippen LogP contribution in [0.1, 0.15) is 13.8 Å². The van der Waals surface area contributed by atoms with E-state index in [2.05, 4.69) is 34.6 Å². The zero-order valence-corrected chi connectivity index (χ0v) is 9.44. The van der Waals surface area contributed by atoms with E-state index in [9.17, 15) is 0 Å². The second-order valence-corrected chi connectivity index (χ2v) is 4.05. The number of nitrogens with zero attached hydrogens (tertiary/aromatic N) is 3. The zero-order chi connectivity index (χ0) is 11.5. The molecular weight excluding hydrogens is 204 g/mol. The molecule has 2 rings (SSSR count). The van der Waals surface area contributed by atoms with Crippen LogP contribution < -0.4 is 16.6 Å². The number of rotatable bonds is 4. The van der Waals surface area contributed by atoms with Crippen LogP contribution in [0.4, 0.5) is 11.6 Å². The lowest BCUT2D eigenvalue weighted by atomic mass is 10.2. The van der Waals surface area contributed by atoms with Crippen molar-refractivity contribution in [2.24, 2.45) is 11.8 Å². The summed E-state index contributed by atoms with van der Waals surface area (Å²) in [5.74, 6) is 7.26. The molecule has 0 amide bonds. The fourth-order valence-corrected chi connectivity index (χ4v) is 1.42. The topological polar surface area (TPSA) is 80.3 Å². The van der Waals surface area contributed by atoms with Crippen LogP contribution in [-0.2, 0) is 0 Å². The zero-order valence-electron chi connectivity index (χ0n) is 9.44. The van der Waals surface area contributed by atoms with Crippen LogP contribution in [-0.4, -0.2) is 20.9 Å². The molecule has 6 heteroatoms. The highest BCUT2D eigenvalue weighted by atomic mass is 15.3. The number of nitrogen functional groups attached to an aromatic ring is 1. The summed E-state index contributed by atoms with van der Waals surface area (Å²) in [4.78, 5) is 8.57. The number of nitrogens with one attached hydrogen (secondary N) is 2. The molecule has 6 nitrogen and oxygen atoms in total. The Labute approximate surface area is 93.9 Å². The molecule has 0 saturated heterocycles. The lowest BCUT2D eigenvalue weighted by Gasteiger charge is -2.10. The highest BCUT2D eigenvalue weighted by Crippen LogP contribution is 2.15. The predicted molar refractivity (Wildman–Crippen MR) is 64.1 cm³/mol. The van der Waals surface area contributed by atoms with Crippen molar-refractivity contribution in [2.45, 2.75) is 13.8 Å². The molecule has 0 unspecified atom stereocenters. The summed E-state index contributed by atoms with van der Waals surface area (Å²) in [6.07, 6.45) is 5.39. The molecule has 16 heavy (non-hydrogen) atoms. The number of nitrogens with two attached hydrogens (primary N) is 1. The Kier molecular flexibility index (Phi) is 2.91. The number of aromatic nitrogens is 3. The van der Waals surface area contributed by atoms with E-state index in [1.165, 1.54) is 0 Å². The molecule has 0 fully saturated rings. The molecule has 0 aliphatic heterocycles. The summed E-state index contributed by atoms with van der Waals surface area (Å²) in [7, 11) is 0. The van der Waals surface area contributed by atoms with Crippen molar-refractivity contribution in [3.8, 4) is 0 Å². The minimum Gasteiger partial charge on any atom is -0.367 e. The summed E-state index contributed by atoms with van der Waals surface area (Å²) in [5.41, 5.74) is 3.34. The Morgan fingerprint density at radius 2 is 2.31 bits per heavy atom. The normalized spacial score (nSPS) is 11.0. The molecule has 0 aliphatic rings. The monoisotopic (exact) mass is 220 g/mol. The maximum atomic E-state index is 5.36. The molecule has 0 aliphatic carbocycles. The molecule has 0 aromatic carbocycles.